The lowest BCUT2D eigenvalue weighted by atomic mass is 9.92. The Kier molecular flexibility index (Phi) is 3.75. The third kappa shape index (κ3) is 2.94. The van der Waals surface area contributed by atoms with Crippen LogP contribution in [0.15, 0.2) is 41.4 Å². The highest BCUT2D eigenvalue weighted by molar-refractivity contribution is 5.99. The minimum Gasteiger partial charge on any atom is -0.360 e. The highest BCUT2D eigenvalue weighted by atomic mass is 16.5. The normalized spacial score (nSPS) is 16.1. The summed E-state index contributed by atoms with van der Waals surface area (Å²) in [7, 11) is 1.86. The number of carbonyl (C=O) groups is 1. The summed E-state index contributed by atoms with van der Waals surface area (Å²) in [5, 5.41) is 11.3. The van der Waals surface area contributed by atoms with E-state index in [0.717, 1.165) is 22.6 Å². The van der Waals surface area contributed by atoms with Gasteiger partial charge in [-0.15, -0.1) is 0 Å². The summed E-state index contributed by atoms with van der Waals surface area (Å²) in [5.74, 6) is 0.699. The van der Waals surface area contributed by atoms with Crippen LogP contribution in [-0.4, -0.2) is 32.4 Å². The second kappa shape index (κ2) is 5.98. The van der Waals surface area contributed by atoms with E-state index in [1.54, 1.807) is 23.3 Å². The van der Waals surface area contributed by atoms with Crippen LogP contribution in [0.1, 0.15) is 19.6 Å². The van der Waals surface area contributed by atoms with E-state index in [2.05, 4.69) is 25.5 Å². The molecule has 0 atom stereocenters. The number of nitrogens with zero attached hydrogens (tertiary/aromatic N) is 5. The lowest BCUT2D eigenvalue weighted by molar-refractivity contribution is -0.123. The van der Waals surface area contributed by atoms with Gasteiger partial charge in [0.05, 0.1) is 35.7 Å². The summed E-state index contributed by atoms with van der Waals surface area (Å²) in [4.78, 5) is 18.8. The van der Waals surface area contributed by atoms with Gasteiger partial charge < -0.3 is 14.7 Å². The summed E-state index contributed by atoms with van der Waals surface area (Å²) in [5.41, 5.74) is 2.71. The zero-order chi connectivity index (χ0) is 18.3. The molecule has 0 aromatic carbocycles. The first-order valence-corrected chi connectivity index (χ1v) is 8.37. The minimum atomic E-state index is -0.550. The van der Waals surface area contributed by atoms with Gasteiger partial charge in [-0.2, -0.15) is 5.10 Å². The number of rotatable bonds is 3. The topological polar surface area (TPSA) is 89.1 Å². The summed E-state index contributed by atoms with van der Waals surface area (Å²) in [6, 6.07) is 3.71. The number of hydrogen-bond donors (Lipinski definition) is 1. The van der Waals surface area contributed by atoms with Gasteiger partial charge >= 0.3 is 0 Å². The number of hydrogen-bond acceptors (Lipinski definition) is 6. The van der Waals surface area contributed by atoms with Crippen molar-refractivity contribution in [1.82, 2.24) is 19.9 Å². The molecule has 1 N–H and O–H groups in total. The maximum atomic E-state index is 12.5. The SMILES string of the molecule is Cn1cc(-c2cc(CN3CC(C)(C)C(=O)Nc4ccncc43)on2)cn1. The third-order valence-electron chi connectivity index (χ3n) is 4.50. The van der Waals surface area contributed by atoms with Gasteiger partial charge in [-0.3, -0.25) is 14.5 Å². The van der Waals surface area contributed by atoms with Crippen LogP contribution in [0.4, 0.5) is 11.4 Å². The predicted octanol–water partition coefficient (Wildman–Crippen LogP) is 2.46. The summed E-state index contributed by atoms with van der Waals surface area (Å²) >= 11 is 0. The molecule has 0 fully saturated rings. The van der Waals surface area contributed by atoms with E-state index in [4.69, 9.17) is 4.52 Å². The van der Waals surface area contributed by atoms with Gasteiger partial charge in [0.15, 0.2) is 5.76 Å². The lowest BCUT2D eigenvalue weighted by Gasteiger charge is -2.28. The molecule has 0 spiro atoms. The summed E-state index contributed by atoms with van der Waals surface area (Å²) in [6.45, 7) is 4.89. The number of anilines is 2. The molecule has 0 unspecified atom stereocenters. The van der Waals surface area contributed by atoms with Gasteiger partial charge in [-0.1, -0.05) is 5.16 Å². The van der Waals surface area contributed by atoms with Crippen LogP contribution in [0.2, 0.25) is 0 Å². The van der Waals surface area contributed by atoms with Crippen molar-refractivity contribution < 1.29 is 9.32 Å². The molecule has 3 aromatic heterocycles. The van der Waals surface area contributed by atoms with Crippen molar-refractivity contribution >= 4 is 17.3 Å². The van der Waals surface area contributed by atoms with Gasteiger partial charge in [0, 0.05) is 37.6 Å². The second-order valence-corrected chi connectivity index (χ2v) is 7.17. The molecular formula is C18H20N6O2. The lowest BCUT2D eigenvalue weighted by Crippen LogP contribution is -2.39. The molecule has 0 saturated heterocycles. The average molecular weight is 352 g/mol. The van der Waals surface area contributed by atoms with Gasteiger partial charge in [0.1, 0.15) is 5.69 Å². The standard InChI is InChI=1S/C18H20N6O2/c1-18(2)11-24(16-8-19-5-4-14(16)21-17(18)25)10-13-6-15(22-26-13)12-7-20-23(3)9-12/h4-9H,10-11H2,1-3H3,(H,21,25). The molecule has 4 rings (SSSR count). The van der Waals surface area contributed by atoms with Gasteiger partial charge in [-0.05, 0) is 19.9 Å². The smallest absolute Gasteiger partial charge is 0.231 e. The first-order chi connectivity index (χ1) is 12.4. The predicted molar refractivity (Wildman–Crippen MR) is 96.4 cm³/mol. The zero-order valence-electron chi connectivity index (χ0n) is 14.9. The van der Waals surface area contributed by atoms with E-state index in [-0.39, 0.29) is 5.91 Å². The fraction of sp³-hybridized carbons (Fsp3) is 0.333. The highest BCUT2D eigenvalue weighted by Crippen LogP contribution is 2.34. The zero-order valence-corrected chi connectivity index (χ0v) is 14.9. The van der Waals surface area contributed by atoms with Crippen LogP contribution in [0.25, 0.3) is 11.3 Å². The molecule has 8 heteroatoms. The Balaban J connectivity index is 1.64. The molecule has 26 heavy (non-hydrogen) atoms. The maximum Gasteiger partial charge on any atom is 0.231 e. The Morgan fingerprint density at radius 1 is 1.35 bits per heavy atom. The van der Waals surface area contributed by atoms with Crippen LogP contribution in [0.5, 0.6) is 0 Å². The Hall–Kier alpha value is -3.16. The quantitative estimate of drug-likeness (QED) is 0.779. The number of nitrogens with one attached hydrogen (secondary N) is 1. The van der Waals surface area contributed by atoms with E-state index in [1.165, 1.54) is 0 Å². The molecule has 0 aliphatic carbocycles. The number of aryl methyl sites for hydroxylation is 1. The van der Waals surface area contributed by atoms with Crippen molar-refractivity contribution in [3.8, 4) is 11.3 Å². The van der Waals surface area contributed by atoms with E-state index >= 15 is 0 Å². The monoisotopic (exact) mass is 352 g/mol. The van der Waals surface area contributed by atoms with Crippen LogP contribution in [-0.2, 0) is 18.4 Å². The van der Waals surface area contributed by atoms with Crippen LogP contribution < -0.4 is 10.2 Å². The molecule has 4 heterocycles. The summed E-state index contributed by atoms with van der Waals surface area (Å²) < 4.78 is 7.25. The van der Waals surface area contributed by atoms with E-state index in [9.17, 15) is 4.79 Å². The Morgan fingerprint density at radius 3 is 2.96 bits per heavy atom. The molecule has 8 nitrogen and oxygen atoms in total. The van der Waals surface area contributed by atoms with E-state index in [0.29, 0.717) is 18.8 Å². The number of amides is 1. The number of carbonyl (C=O) groups excluding carboxylic acids is 1. The van der Waals surface area contributed by atoms with Crippen molar-refractivity contribution in [2.75, 3.05) is 16.8 Å². The number of aromatic nitrogens is 4. The van der Waals surface area contributed by atoms with Crippen molar-refractivity contribution in [3.63, 3.8) is 0 Å². The fourth-order valence-corrected chi connectivity index (χ4v) is 3.08. The molecular weight excluding hydrogens is 332 g/mol. The first-order valence-electron chi connectivity index (χ1n) is 8.37. The van der Waals surface area contributed by atoms with Crippen molar-refractivity contribution in [2.45, 2.75) is 20.4 Å². The Morgan fingerprint density at radius 2 is 2.19 bits per heavy atom. The fourth-order valence-electron chi connectivity index (χ4n) is 3.08. The minimum absolute atomic E-state index is 0.0129. The molecule has 3 aromatic rings. The van der Waals surface area contributed by atoms with Crippen molar-refractivity contribution in [3.05, 3.63) is 42.7 Å². The molecule has 0 bridgehead atoms. The molecule has 0 saturated carbocycles. The van der Waals surface area contributed by atoms with Crippen molar-refractivity contribution in [1.29, 1.82) is 0 Å². The van der Waals surface area contributed by atoms with Gasteiger partial charge in [0.25, 0.3) is 0 Å². The average Bonchev–Trinajstić information content (AvgIpc) is 3.21. The number of pyridine rings is 1. The van der Waals surface area contributed by atoms with Crippen LogP contribution in [0.3, 0.4) is 0 Å². The van der Waals surface area contributed by atoms with Crippen LogP contribution >= 0.6 is 0 Å². The Labute approximate surface area is 150 Å². The third-order valence-corrected chi connectivity index (χ3v) is 4.50. The van der Waals surface area contributed by atoms with Crippen molar-refractivity contribution in [2.24, 2.45) is 12.5 Å². The van der Waals surface area contributed by atoms with E-state index < -0.39 is 5.41 Å². The largest absolute Gasteiger partial charge is 0.360 e. The molecule has 1 amide bonds. The molecule has 1 aliphatic heterocycles. The van der Waals surface area contributed by atoms with E-state index in [1.807, 2.05) is 39.2 Å². The van der Waals surface area contributed by atoms with Gasteiger partial charge in [-0.25, -0.2) is 0 Å². The molecule has 134 valence electrons. The van der Waals surface area contributed by atoms with Crippen LogP contribution in [0, 0.1) is 5.41 Å². The Bertz CT molecular complexity index is 958. The summed E-state index contributed by atoms with van der Waals surface area (Å²) in [6.07, 6.45) is 7.07. The molecule has 1 aliphatic rings. The number of fused-ring (bicyclic) bond motifs is 1. The maximum absolute atomic E-state index is 12.5. The highest BCUT2D eigenvalue weighted by Gasteiger charge is 2.35. The second-order valence-electron chi connectivity index (χ2n) is 7.17. The molecule has 0 radical (unpaired) electrons. The first kappa shape index (κ1) is 16.3. The van der Waals surface area contributed by atoms with Gasteiger partial charge in [0.2, 0.25) is 5.91 Å².